The minimum absolute atomic E-state index is 0.462. The summed E-state index contributed by atoms with van der Waals surface area (Å²) in [5, 5.41) is 0. The average Bonchev–Trinajstić information content (AvgIpc) is 2.23. The molecule has 0 saturated carbocycles. The smallest absolute Gasteiger partial charge is 0.212 e. The molecule has 0 aromatic heterocycles. The molecule has 0 aliphatic heterocycles. The third kappa shape index (κ3) is 3.90. The summed E-state index contributed by atoms with van der Waals surface area (Å²) in [5.41, 5.74) is -0.462. The number of sulfonamides is 1. The van der Waals surface area contributed by atoms with E-state index < -0.39 is 39.0 Å². The Bertz CT molecular complexity index is 494. The van der Waals surface area contributed by atoms with Crippen LogP contribution in [0.15, 0.2) is 30.9 Å². The molecule has 1 rings (SSSR count). The molecule has 1 N–H and O–H groups in total. The summed E-state index contributed by atoms with van der Waals surface area (Å²) in [7, 11) is -3.79. The Balaban J connectivity index is 2.94. The highest BCUT2D eigenvalue weighted by atomic mass is 32.2. The lowest BCUT2D eigenvalue weighted by Gasteiger charge is -2.11. The van der Waals surface area contributed by atoms with Gasteiger partial charge in [-0.05, 0) is 19.1 Å². The molecule has 1 atom stereocenters. The van der Waals surface area contributed by atoms with Crippen LogP contribution in [0.2, 0.25) is 0 Å². The zero-order chi connectivity index (χ0) is 13.1. The van der Waals surface area contributed by atoms with Gasteiger partial charge in [-0.25, -0.2) is 21.9 Å². The first kappa shape index (κ1) is 13.8. The molecule has 1 unspecified atom stereocenters. The Kier molecular flexibility index (Phi) is 4.36. The van der Waals surface area contributed by atoms with Gasteiger partial charge >= 0.3 is 0 Å². The Hall–Kier alpha value is -1.27. The minimum atomic E-state index is -3.79. The maximum Gasteiger partial charge on any atom is 0.216 e. The fourth-order valence-electron chi connectivity index (χ4n) is 1.23. The summed E-state index contributed by atoms with van der Waals surface area (Å²) >= 11 is 0. The molecule has 0 spiro atoms. The van der Waals surface area contributed by atoms with Crippen LogP contribution in [0.5, 0.6) is 0 Å². The SMILES string of the molecule is C=CC(C)NS(=O)(=O)Cc1c(F)cccc1F. The van der Waals surface area contributed by atoms with E-state index in [1.165, 1.54) is 12.1 Å². The zero-order valence-corrected chi connectivity index (χ0v) is 10.1. The molecule has 1 aromatic carbocycles. The van der Waals surface area contributed by atoms with Gasteiger partial charge in [0.05, 0.1) is 5.75 Å². The topological polar surface area (TPSA) is 46.2 Å². The number of rotatable bonds is 5. The Labute approximate surface area is 99.2 Å². The van der Waals surface area contributed by atoms with Crippen LogP contribution in [-0.2, 0) is 15.8 Å². The van der Waals surface area contributed by atoms with E-state index in [1.54, 1.807) is 6.92 Å². The molecule has 6 heteroatoms. The van der Waals surface area contributed by atoms with Crippen LogP contribution in [0.25, 0.3) is 0 Å². The van der Waals surface area contributed by atoms with Crippen LogP contribution >= 0.6 is 0 Å². The van der Waals surface area contributed by atoms with Gasteiger partial charge in [0.15, 0.2) is 0 Å². The van der Waals surface area contributed by atoms with Crippen molar-refractivity contribution in [3.05, 3.63) is 48.1 Å². The van der Waals surface area contributed by atoms with Gasteiger partial charge in [-0.3, -0.25) is 0 Å². The van der Waals surface area contributed by atoms with Crippen LogP contribution in [0, 0.1) is 11.6 Å². The Morgan fingerprint density at radius 2 is 1.94 bits per heavy atom. The van der Waals surface area contributed by atoms with Crippen molar-refractivity contribution < 1.29 is 17.2 Å². The van der Waals surface area contributed by atoms with E-state index >= 15 is 0 Å². The second-order valence-corrected chi connectivity index (χ2v) is 5.36. The van der Waals surface area contributed by atoms with E-state index in [-0.39, 0.29) is 0 Å². The number of halogens is 2. The van der Waals surface area contributed by atoms with E-state index in [0.29, 0.717) is 0 Å². The Morgan fingerprint density at radius 3 is 2.41 bits per heavy atom. The number of hydrogen-bond acceptors (Lipinski definition) is 2. The fraction of sp³-hybridized carbons (Fsp3) is 0.273. The van der Waals surface area contributed by atoms with E-state index in [9.17, 15) is 17.2 Å². The van der Waals surface area contributed by atoms with Crippen molar-refractivity contribution in [1.82, 2.24) is 4.72 Å². The summed E-state index contributed by atoms with van der Waals surface area (Å²) in [4.78, 5) is 0. The van der Waals surface area contributed by atoms with E-state index in [4.69, 9.17) is 0 Å². The van der Waals surface area contributed by atoms with Crippen molar-refractivity contribution in [2.24, 2.45) is 0 Å². The molecule has 0 aliphatic rings. The van der Waals surface area contributed by atoms with Gasteiger partial charge in [0.1, 0.15) is 11.6 Å². The molecule has 1 aromatic rings. The summed E-state index contributed by atoms with van der Waals surface area (Å²) in [5.74, 6) is -2.48. The van der Waals surface area contributed by atoms with E-state index in [0.717, 1.165) is 12.1 Å². The Morgan fingerprint density at radius 1 is 1.41 bits per heavy atom. The van der Waals surface area contributed by atoms with Gasteiger partial charge in [-0.15, -0.1) is 6.58 Å². The first-order valence-corrected chi connectivity index (χ1v) is 6.56. The van der Waals surface area contributed by atoms with Crippen molar-refractivity contribution in [2.45, 2.75) is 18.7 Å². The molecule has 17 heavy (non-hydrogen) atoms. The fourth-order valence-corrected chi connectivity index (χ4v) is 2.64. The largest absolute Gasteiger partial charge is 0.216 e. The van der Waals surface area contributed by atoms with Crippen molar-refractivity contribution in [1.29, 1.82) is 0 Å². The van der Waals surface area contributed by atoms with Gasteiger partial charge in [0, 0.05) is 11.6 Å². The maximum atomic E-state index is 13.2. The lowest BCUT2D eigenvalue weighted by Crippen LogP contribution is -2.32. The monoisotopic (exact) mass is 261 g/mol. The second kappa shape index (κ2) is 5.37. The molecule has 3 nitrogen and oxygen atoms in total. The molecule has 0 saturated heterocycles. The minimum Gasteiger partial charge on any atom is -0.212 e. The second-order valence-electron chi connectivity index (χ2n) is 3.60. The highest BCUT2D eigenvalue weighted by Gasteiger charge is 2.19. The molecule has 0 heterocycles. The molecule has 0 aliphatic carbocycles. The van der Waals surface area contributed by atoms with Gasteiger partial charge in [0.25, 0.3) is 0 Å². The average molecular weight is 261 g/mol. The van der Waals surface area contributed by atoms with Crippen LogP contribution < -0.4 is 4.72 Å². The molecular formula is C11H13F2NO2S. The van der Waals surface area contributed by atoms with Gasteiger partial charge in [-0.2, -0.15) is 0 Å². The van der Waals surface area contributed by atoms with E-state index in [2.05, 4.69) is 11.3 Å². The van der Waals surface area contributed by atoms with Crippen LogP contribution in [0.4, 0.5) is 8.78 Å². The first-order valence-electron chi connectivity index (χ1n) is 4.91. The van der Waals surface area contributed by atoms with Crippen LogP contribution in [-0.4, -0.2) is 14.5 Å². The van der Waals surface area contributed by atoms with Gasteiger partial charge < -0.3 is 0 Å². The molecule has 0 amide bonds. The summed E-state index contributed by atoms with van der Waals surface area (Å²) in [6.45, 7) is 4.98. The molecule has 0 fully saturated rings. The first-order chi connectivity index (χ1) is 7.85. The molecule has 0 bridgehead atoms. The predicted molar refractivity (Wildman–Crippen MR) is 61.8 cm³/mol. The lowest BCUT2D eigenvalue weighted by atomic mass is 10.2. The lowest BCUT2D eigenvalue weighted by molar-refractivity contribution is 0.549. The van der Waals surface area contributed by atoms with Crippen LogP contribution in [0.3, 0.4) is 0 Å². The third-order valence-electron chi connectivity index (χ3n) is 2.12. The number of benzene rings is 1. The van der Waals surface area contributed by atoms with Crippen molar-refractivity contribution in [3.8, 4) is 0 Å². The standard InChI is InChI=1S/C11H13F2NO2S/c1-3-8(2)14-17(15,16)7-9-10(12)5-4-6-11(9)13/h3-6,8,14H,1,7H2,2H3. The quantitative estimate of drug-likeness (QED) is 0.824. The molecule has 0 radical (unpaired) electrons. The van der Waals surface area contributed by atoms with Gasteiger partial charge in [-0.1, -0.05) is 12.1 Å². The maximum absolute atomic E-state index is 13.2. The van der Waals surface area contributed by atoms with Crippen molar-refractivity contribution >= 4 is 10.0 Å². The highest BCUT2D eigenvalue weighted by molar-refractivity contribution is 7.88. The van der Waals surface area contributed by atoms with Crippen molar-refractivity contribution in [2.75, 3.05) is 0 Å². The molecular weight excluding hydrogens is 248 g/mol. The normalized spacial score (nSPS) is 13.4. The third-order valence-corrected chi connectivity index (χ3v) is 3.51. The highest BCUT2D eigenvalue weighted by Crippen LogP contribution is 2.15. The van der Waals surface area contributed by atoms with Crippen LogP contribution in [0.1, 0.15) is 12.5 Å². The van der Waals surface area contributed by atoms with Gasteiger partial charge in [0.2, 0.25) is 10.0 Å². The number of hydrogen-bond donors (Lipinski definition) is 1. The zero-order valence-electron chi connectivity index (χ0n) is 9.28. The predicted octanol–water partition coefficient (Wildman–Crippen LogP) is 1.96. The summed E-state index contributed by atoms with van der Waals surface area (Å²) < 4.78 is 51.9. The molecule has 94 valence electrons. The summed E-state index contributed by atoms with van der Waals surface area (Å²) in [6, 6.07) is 2.73. The summed E-state index contributed by atoms with van der Waals surface area (Å²) in [6.07, 6.45) is 1.38. The van der Waals surface area contributed by atoms with Crippen molar-refractivity contribution in [3.63, 3.8) is 0 Å². The van der Waals surface area contributed by atoms with E-state index in [1.807, 2.05) is 0 Å². The number of nitrogens with one attached hydrogen (secondary N) is 1.